The van der Waals surface area contributed by atoms with Crippen molar-refractivity contribution in [2.45, 2.75) is 38.8 Å². The van der Waals surface area contributed by atoms with Crippen molar-refractivity contribution in [3.05, 3.63) is 94.5 Å². The number of rotatable bonds is 14. The van der Waals surface area contributed by atoms with E-state index in [0.717, 1.165) is 21.9 Å². The van der Waals surface area contributed by atoms with E-state index in [-0.39, 0.29) is 37.7 Å². The smallest absolute Gasteiger partial charge is 0.243 e. The van der Waals surface area contributed by atoms with Gasteiger partial charge < -0.3 is 15.0 Å². The van der Waals surface area contributed by atoms with Gasteiger partial charge in [-0.1, -0.05) is 70.5 Å². The monoisotopic (exact) mass is 629 g/mol. The Morgan fingerprint density at radius 1 is 0.950 bits per heavy atom. The SMILES string of the molecule is CCNC(=O)[C@@H](Cc1ccccc1)N(Cc1ccc(Br)cc1)C(=O)CCCN(c1ccccc1OC)S(C)(=O)=O. The summed E-state index contributed by atoms with van der Waals surface area (Å²) in [6.45, 7) is 2.60. The molecule has 0 saturated carbocycles. The van der Waals surface area contributed by atoms with Gasteiger partial charge in [-0.2, -0.15) is 0 Å². The quantitative estimate of drug-likeness (QED) is 0.277. The van der Waals surface area contributed by atoms with Crippen LogP contribution in [0.25, 0.3) is 0 Å². The second kappa shape index (κ2) is 14.9. The van der Waals surface area contributed by atoms with Crippen LogP contribution in [0.1, 0.15) is 30.9 Å². The van der Waals surface area contributed by atoms with E-state index in [2.05, 4.69) is 21.2 Å². The topological polar surface area (TPSA) is 96.0 Å². The fraction of sp³-hybridized carbons (Fsp3) is 0.333. The van der Waals surface area contributed by atoms with E-state index in [0.29, 0.717) is 24.4 Å². The minimum atomic E-state index is -3.64. The second-order valence-electron chi connectivity index (χ2n) is 9.36. The van der Waals surface area contributed by atoms with Crippen molar-refractivity contribution in [1.29, 1.82) is 0 Å². The number of nitrogens with one attached hydrogen (secondary N) is 1. The summed E-state index contributed by atoms with van der Waals surface area (Å²) in [4.78, 5) is 28.7. The summed E-state index contributed by atoms with van der Waals surface area (Å²) in [6, 6.07) is 23.3. The van der Waals surface area contributed by atoms with Crippen molar-refractivity contribution in [2.75, 3.05) is 30.8 Å². The van der Waals surface area contributed by atoms with Crippen LogP contribution in [0.3, 0.4) is 0 Å². The molecule has 0 aromatic heterocycles. The van der Waals surface area contributed by atoms with Gasteiger partial charge in [0.1, 0.15) is 11.8 Å². The van der Waals surface area contributed by atoms with Gasteiger partial charge in [0.2, 0.25) is 21.8 Å². The number of hydrogen-bond acceptors (Lipinski definition) is 5. The molecule has 0 spiro atoms. The minimum Gasteiger partial charge on any atom is -0.495 e. The lowest BCUT2D eigenvalue weighted by Gasteiger charge is -2.32. The van der Waals surface area contributed by atoms with E-state index in [1.807, 2.05) is 61.5 Å². The number of hydrogen-bond donors (Lipinski definition) is 1. The molecule has 8 nitrogen and oxygen atoms in total. The molecule has 0 aliphatic carbocycles. The molecule has 3 aromatic carbocycles. The number of sulfonamides is 1. The van der Waals surface area contributed by atoms with Crippen molar-refractivity contribution in [3.8, 4) is 5.75 Å². The predicted octanol–water partition coefficient (Wildman–Crippen LogP) is 4.78. The van der Waals surface area contributed by atoms with Gasteiger partial charge in [-0.05, 0) is 48.7 Å². The number of para-hydroxylation sites is 2. The molecule has 0 aliphatic rings. The first kappa shape index (κ1) is 31.2. The number of methoxy groups -OCH3 is 1. The number of anilines is 1. The van der Waals surface area contributed by atoms with E-state index in [1.165, 1.54) is 11.4 Å². The zero-order valence-corrected chi connectivity index (χ0v) is 25.4. The zero-order chi connectivity index (χ0) is 29.1. The van der Waals surface area contributed by atoms with Gasteiger partial charge in [-0.25, -0.2) is 8.42 Å². The van der Waals surface area contributed by atoms with Crippen LogP contribution in [0.5, 0.6) is 5.75 Å². The molecule has 10 heteroatoms. The van der Waals surface area contributed by atoms with Crippen molar-refractivity contribution < 1.29 is 22.7 Å². The van der Waals surface area contributed by atoms with E-state index >= 15 is 0 Å². The van der Waals surface area contributed by atoms with Crippen molar-refractivity contribution in [1.82, 2.24) is 10.2 Å². The maximum atomic E-state index is 13.8. The first-order valence-corrected chi connectivity index (χ1v) is 15.7. The Morgan fingerprint density at radius 3 is 2.23 bits per heavy atom. The van der Waals surface area contributed by atoms with Crippen LogP contribution >= 0.6 is 15.9 Å². The van der Waals surface area contributed by atoms with Gasteiger partial charge in [0, 0.05) is 36.9 Å². The predicted molar refractivity (Wildman–Crippen MR) is 162 cm³/mol. The lowest BCUT2D eigenvalue weighted by molar-refractivity contribution is -0.141. The van der Waals surface area contributed by atoms with Gasteiger partial charge in [0.15, 0.2) is 0 Å². The summed E-state index contributed by atoms with van der Waals surface area (Å²) in [7, 11) is -2.16. The number of carbonyl (C=O) groups is 2. The lowest BCUT2D eigenvalue weighted by Crippen LogP contribution is -2.50. The summed E-state index contributed by atoms with van der Waals surface area (Å²) >= 11 is 3.44. The molecule has 1 N–H and O–H groups in total. The van der Waals surface area contributed by atoms with Crippen molar-refractivity contribution in [3.63, 3.8) is 0 Å². The molecule has 2 amide bonds. The molecule has 40 heavy (non-hydrogen) atoms. The first-order chi connectivity index (χ1) is 19.1. The highest BCUT2D eigenvalue weighted by Gasteiger charge is 2.30. The summed E-state index contributed by atoms with van der Waals surface area (Å²) in [5.74, 6) is -0.0394. The summed E-state index contributed by atoms with van der Waals surface area (Å²) in [5, 5.41) is 2.88. The van der Waals surface area contributed by atoms with E-state index in [1.54, 1.807) is 29.2 Å². The lowest BCUT2D eigenvalue weighted by atomic mass is 10.0. The number of carbonyl (C=O) groups excluding carboxylic acids is 2. The van der Waals surface area contributed by atoms with E-state index < -0.39 is 16.1 Å². The number of benzene rings is 3. The third kappa shape index (κ3) is 8.82. The van der Waals surface area contributed by atoms with Crippen LogP contribution < -0.4 is 14.4 Å². The molecule has 0 saturated heterocycles. The van der Waals surface area contributed by atoms with Gasteiger partial charge >= 0.3 is 0 Å². The highest BCUT2D eigenvalue weighted by molar-refractivity contribution is 9.10. The molecule has 3 rings (SSSR count). The average molecular weight is 631 g/mol. The van der Waals surface area contributed by atoms with Crippen molar-refractivity contribution >= 4 is 43.5 Å². The molecule has 0 heterocycles. The zero-order valence-electron chi connectivity index (χ0n) is 23.0. The number of ether oxygens (including phenoxy) is 1. The maximum absolute atomic E-state index is 13.8. The highest BCUT2D eigenvalue weighted by atomic mass is 79.9. The summed E-state index contributed by atoms with van der Waals surface area (Å²) < 4.78 is 32.9. The fourth-order valence-corrected chi connectivity index (χ4v) is 5.68. The normalized spacial score (nSPS) is 11.9. The largest absolute Gasteiger partial charge is 0.495 e. The van der Waals surface area contributed by atoms with E-state index in [4.69, 9.17) is 4.74 Å². The molecule has 214 valence electrons. The van der Waals surface area contributed by atoms with E-state index in [9.17, 15) is 18.0 Å². The Bertz CT molecular complexity index is 1370. The van der Waals surface area contributed by atoms with Crippen LogP contribution in [-0.4, -0.2) is 57.6 Å². The standard InChI is InChI=1S/C30H36BrN3O5S/c1-4-32-30(36)27(21-23-11-6-5-7-12-23)33(22-24-16-18-25(31)19-17-24)29(35)15-10-20-34(40(3,37)38)26-13-8-9-14-28(26)39-2/h5-9,11-14,16-19,27H,4,10,15,20-22H2,1-3H3,(H,32,36)/t27-/m1/s1. The average Bonchev–Trinajstić information content (AvgIpc) is 2.94. The summed E-state index contributed by atoms with van der Waals surface area (Å²) in [6.07, 6.45) is 1.80. The maximum Gasteiger partial charge on any atom is 0.243 e. The number of nitrogens with zero attached hydrogens (tertiary/aromatic N) is 2. The van der Waals surface area contributed by atoms with Crippen molar-refractivity contribution in [2.24, 2.45) is 0 Å². The van der Waals surface area contributed by atoms with Crippen LogP contribution in [0, 0.1) is 0 Å². The second-order valence-corrected chi connectivity index (χ2v) is 12.2. The molecule has 1 atom stereocenters. The van der Waals surface area contributed by atoms with Gasteiger partial charge in [-0.15, -0.1) is 0 Å². The van der Waals surface area contributed by atoms with Crippen LogP contribution in [0.2, 0.25) is 0 Å². The number of amides is 2. The molecular formula is C30H36BrN3O5S. The molecular weight excluding hydrogens is 594 g/mol. The Labute approximate surface area is 245 Å². The third-order valence-corrected chi connectivity index (χ3v) is 8.10. The molecule has 0 unspecified atom stereocenters. The number of halogens is 1. The molecule has 0 radical (unpaired) electrons. The van der Waals surface area contributed by atoms with Crippen LogP contribution in [0.15, 0.2) is 83.3 Å². The van der Waals surface area contributed by atoms with Crippen LogP contribution in [-0.2, 0) is 32.6 Å². The van der Waals surface area contributed by atoms with Gasteiger partial charge in [-0.3, -0.25) is 13.9 Å². The van der Waals surface area contributed by atoms with Gasteiger partial charge in [0.25, 0.3) is 0 Å². The van der Waals surface area contributed by atoms with Crippen LogP contribution in [0.4, 0.5) is 5.69 Å². The fourth-order valence-electron chi connectivity index (χ4n) is 4.45. The van der Waals surface area contributed by atoms with Gasteiger partial charge in [0.05, 0.1) is 19.1 Å². The minimum absolute atomic E-state index is 0.0579. The first-order valence-electron chi connectivity index (χ1n) is 13.1. The summed E-state index contributed by atoms with van der Waals surface area (Å²) in [5.41, 5.74) is 2.23. The molecule has 3 aromatic rings. The Morgan fingerprint density at radius 2 is 1.60 bits per heavy atom. The molecule has 0 bridgehead atoms. The molecule has 0 aliphatic heterocycles. The number of likely N-dealkylation sites (N-methyl/N-ethyl adjacent to an activating group) is 1. The highest BCUT2D eigenvalue weighted by Crippen LogP contribution is 2.30. The third-order valence-electron chi connectivity index (χ3n) is 6.39. The Kier molecular flexibility index (Phi) is 11.6. The Balaban J connectivity index is 1.87. The Hall–Kier alpha value is -3.37. The molecule has 0 fully saturated rings.